The third-order valence-electron chi connectivity index (χ3n) is 3.37. The lowest BCUT2D eigenvalue weighted by molar-refractivity contribution is -0.123. The molecule has 0 aliphatic carbocycles. The van der Waals surface area contributed by atoms with Crippen LogP contribution in [0.2, 0.25) is 0 Å². The molecule has 1 aliphatic heterocycles. The Bertz CT molecular complexity index is 371. The van der Waals surface area contributed by atoms with E-state index in [2.05, 4.69) is 5.32 Å². The maximum absolute atomic E-state index is 11.8. The summed E-state index contributed by atoms with van der Waals surface area (Å²) >= 11 is 0. The number of carbonyl (C=O) groups is 1. The van der Waals surface area contributed by atoms with Gasteiger partial charge in [0.05, 0.1) is 19.0 Å². The summed E-state index contributed by atoms with van der Waals surface area (Å²) < 4.78 is 10.8. The van der Waals surface area contributed by atoms with Crippen molar-refractivity contribution in [2.24, 2.45) is 0 Å². The summed E-state index contributed by atoms with van der Waals surface area (Å²) in [7, 11) is 0. The SMILES string of the molecule is O=C(CCC1CCCCO1)NC(CO)c1ccco1. The number of hydrogen-bond donors (Lipinski definition) is 2. The Morgan fingerprint density at radius 1 is 1.53 bits per heavy atom. The maximum atomic E-state index is 11.8. The topological polar surface area (TPSA) is 71.7 Å². The Labute approximate surface area is 112 Å². The van der Waals surface area contributed by atoms with E-state index in [1.807, 2.05) is 0 Å². The Kier molecular flexibility index (Phi) is 5.42. The fourth-order valence-electron chi connectivity index (χ4n) is 2.29. The molecule has 0 aromatic carbocycles. The molecule has 0 bridgehead atoms. The van der Waals surface area contributed by atoms with Gasteiger partial charge < -0.3 is 19.6 Å². The van der Waals surface area contributed by atoms with Gasteiger partial charge in [-0.2, -0.15) is 0 Å². The molecule has 19 heavy (non-hydrogen) atoms. The molecule has 1 aromatic heterocycles. The molecule has 1 fully saturated rings. The first kappa shape index (κ1) is 14.1. The molecule has 0 saturated carbocycles. The third-order valence-corrected chi connectivity index (χ3v) is 3.37. The molecule has 1 aliphatic rings. The van der Waals surface area contributed by atoms with Gasteiger partial charge >= 0.3 is 0 Å². The Morgan fingerprint density at radius 3 is 3.05 bits per heavy atom. The van der Waals surface area contributed by atoms with Gasteiger partial charge in [-0.3, -0.25) is 4.79 Å². The van der Waals surface area contributed by atoms with Gasteiger partial charge in [-0.25, -0.2) is 0 Å². The summed E-state index contributed by atoms with van der Waals surface area (Å²) in [5.74, 6) is 0.495. The zero-order valence-corrected chi connectivity index (χ0v) is 11.0. The normalized spacial score (nSPS) is 21.0. The summed E-state index contributed by atoms with van der Waals surface area (Å²) in [6.45, 7) is 0.636. The second-order valence-electron chi connectivity index (χ2n) is 4.85. The van der Waals surface area contributed by atoms with Crippen LogP contribution in [0.15, 0.2) is 22.8 Å². The van der Waals surface area contributed by atoms with Gasteiger partial charge in [-0.15, -0.1) is 0 Å². The lowest BCUT2D eigenvalue weighted by atomic mass is 10.0. The highest BCUT2D eigenvalue weighted by Gasteiger charge is 2.18. The molecule has 2 unspecified atom stereocenters. The number of aliphatic hydroxyl groups is 1. The predicted molar refractivity (Wildman–Crippen MR) is 69.5 cm³/mol. The zero-order chi connectivity index (χ0) is 13.5. The zero-order valence-electron chi connectivity index (χ0n) is 11.0. The quantitative estimate of drug-likeness (QED) is 0.824. The van der Waals surface area contributed by atoms with Crippen LogP contribution in [0.1, 0.15) is 43.9 Å². The molecule has 1 aromatic rings. The van der Waals surface area contributed by atoms with Crippen molar-refractivity contribution in [1.82, 2.24) is 5.32 Å². The van der Waals surface area contributed by atoms with Crippen molar-refractivity contribution in [3.63, 3.8) is 0 Å². The van der Waals surface area contributed by atoms with Crippen LogP contribution in [0.4, 0.5) is 0 Å². The molecular weight excluding hydrogens is 246 g/mol. The molecule has 2 heterocycles. The summed E-state index contributed by atoms with van der Waals surface area (Å²) in [5, 5.41) is 12.0. The van der Waals surface area contributed by atoms with Crippen LogP contribution in [-0.2, 0) is 9.53 Å². The third kappa shape index (κ3) is 4.36. The van der Waals surface area contributed by atoms with Gasteiger partial charge in [-0.1, -0.05) is 0 Å². The minimum atomic E-state index is -0.463. The van der Waals surface area contributed by atoms with E-state index in [0.717, 1.165) is 25.9 Å². The Balaban J connectivity index is 1.73. The first-order chi connectivity index (χ1) is 9.29. The monoisotopic (exact) mass is 267 g/mol. The first-order valence-electron chi connectivity index (χ1n) is 6.85. The van der Waals surface area contributed by atoms with Crippen LogP contribution < -0.4 is 5.32 Å². The van der Waals surface area contributed by atoms with E-state index >= 15 is 0 Å². The van der Waals surface area contributed by atoms with Crippen LogP contribution in [0.25, 0.3) is 0 Å². The van der Waals surface area contributed by atoms with E-state index in [0.29, 0.717) is 12.2 Å². The van der Waals surface area contributed by atoms with Crippen LogP contribution in [0, 0.1) is 0 Å². The van der Waals surface area contributed by atoms with Gasteiger partial charge in [0.1, 0.15) is 11.8 Å². The molecule has 0 spiro atoms. The average molecular weight is 267 g/mol. The van der Waals surface area contributed by atoms with Crippen molar-refractivity contribution in [3.05, 3.63) is 24.2 Å². The molecular formula is C14H21NO4. The largest absolute Gasteiger partial charge is 0.467 e. The Hall–Kier alpha value is -1.33. The maximum Gasteiger partial charge on any atom is 0.220 e. The van der Waals surface area contributed by atoms with Gasteiger partial charge in [0.15, 0.2) is 0 Å². The highest BCUT2D eigenvalue weighted by atomic mass is 16.5. The fraction of sp³-hybridized carbons (Fsp3) is 0.643. The standard InChI is InChI=1S/C14H21NO4/c16-10-12(13-5-3-9-19-13)15-14(17)7-6-11-4-1-2-8-18-11/h3,5,9,11-12,16H,1-2,4,6-8,10H2,(H,15,17). The molecule has 5 nitrogen and oxygen atoms in total. The van der Waals surface area contributed by atoms with Crippen molar-refractivity contribution in [2.45, 2.75) is 44.2 Å². The highest BCUT2D eigenvalue weighted by Crippen LogP contribution is 2.18. The van der Waals surface area contributed by atoms with Gasteiger partial charge in [-0.05, 0) is 37.8 Å². The molecule has 0 radical (unpaired) electrons. The average Bonchev–Trinajstić information content (AvgIpc) is 2.97. The van der Waals surface area contributed by atoms with Gasteiger partial charge in [0.2, 0.25) is 5.91 Å². The summed E-state index contributed by atoms with van der Waals surface area (Å²) in [4.78, 5) is 11.8. The molecule has 2 N–H and O–H groups in total. The van der Waals surface area contributed by atoms with Crippen LogP contribution >= 0.6 is 0 Å². The van der Waals surface area contributed by atoms with E-state index in [4.69, 9.17) is 9.15 Å². The predicted octanol–water partition coefficient (Wildman–Crippen LogP) is 1.78. The molecule has 1 saturated heterocycles. The number of ether oxygens (including phenoxy) is 1. The van der Waals surface area contributed by atoms with E-state index in [-0.39, 0.29) is 18.6 Å². The molecule has 2 atom stereocenters. The highest BCUT2D eigenvalue weighted by molar-refractivity contribution is 5.76. The number of hydrogen-bond acceptors (Lipinski definition) is 4. The van der Waals surface area contributed by atoms with Crippen molar-refractivity contribution < 1.29 is 19.1 Å². The van der Waals surface area contributed by atoms with Crippen LogP contribution in [-0.4, -0.2) is 30.3 Å². The van der Waals surface area contributed by atoms with Gasteiger partial charge in [0, 0.05) is 13.0 Å². The van der Waals surface area contributed by atoms with Crippen molar-refractivity contribution >= 4 is 5.91 Å². The van der Waals surface area contributed by atoms with E-state index < -0.39 is 6.04 Å². The molecule has 2 rings (SSSR count). The van der Waals surface area contributed by atoms with E-state index in [1.54, 1.807) is 12.1 Å². The van der Waals surface area contributed by atoms with Crippen molar-refractivity contribution in [2.75, 3.05) is 13.2 Å². The number of rotatable bonds is 6. The molecule has 5 heteroatoms. The second kappa shape index (κ2) is 7.31. The number of carbonyl (C=O) groups excluding carboxylic acids is 1. The number of aliphatic hydroxyl groups excluding tert-OH is 1. The van der Waals surface area contributed by atoms with Crippen molar-refractivity contribution in [1.29, 1.82) is 0 Å². The number of nitrogens with one attached hydrogen (secondary N) is 1. The van der Waals surface area contributed by atoms with Gasteiger partial charge in [0.25, 0.3) is 0 Å². The van der Waals surface area contributed by atoms with Crippen molar-refractivity contribution in [3.8, 4) is 0 Å². The fourth-order valence-corrected chi connectivity index (χ4v) is 2.29. The van der Waals surface area contributed by atoms with E-state index in [9.17, 15) is 9.90 Å². The lowest BCUT2D eigenvalue weighted by Crippen LogP contribution is -2.31. The lowest BCUT2D eigenvalue weighted by Gasteiger charge is -2.22. The smallest absolute Gasteiger partial charge is 0.220 e. The van der Waals surface area contributed by atoms with Crippen LogP contribution in [0.3, 0.4) is 0 Å². The van der Waals surface area contributed by atoms with E-state index in [1.165, 1.54) is 12.7 Å². The second-order valence-corrected chi connectivity index (χ2v) is 4.85. The number of amides is 1. The number of furan rings is 1. The first-order valence-corrected chi connectivity index (χ1v) is 6.85. The summed E-state index contributed by atoms with van der Waals surface area (Å²) in [6, 6.07) is 3.01. The summed E-state index contributed by atoms with van der Waals surface area (Å²) in [6.07, 6.45) is 6.22. The molecule has 106 valence electrons. The molecule has 1 amide bonds. The summed E-state index contributed by atoms with van der Waals surface area (Å²) in [5.41, 5.74) is 0. The Morgan fingerprint density at radius 2 is 2.42 bits per heavy atom. The minimum Gasteiger partial charge on any atom is -0.467 e. The van der Waals surface area contributed by atoms with Crippen LogP contribution in [0.5, 0.6) is 0 Å². The minimum absolute atomic E-state index is 0.0791.